The van der Waals surface area contributed by atoms with Crippen molar-refractivity contribution in [1.82, 2.24) is 14.9 Å². The van der Waals surface area contributed by atoms with Crippen molar-refractivity contribution < 1.29 is 14.3 Å². The Morgan fingerprint density at radius 3 is 2.61 bits per heavy atom. The quantitative estimate of drug-likeness (QED) is 0.615. The molecule has 6 nitrogen and oxygen atoms in total. The molecular formula is C25H29N3O3. The topological polar surface area (TPSA) is 65.4 Å². The number of amides is 1. The Morgan fingerprint density at radius 1 is 1.13 bits per heavy atom. The summed E-state index contributed by atoms with van der Waals surface area (Å²) in [7, 11) is 3.30. The Balaban J connectivity index is 1.53. The van der Waals surface area contributed by atoms with Crippen LogP contribution in [0.15, 0.2) is 55.0 Å². The standard InChI is InChI=1S/C25H29N3O3/c1-18-15-28(17-27-18)22-10-9-19(13-23(22)31-3)24(29)26-16-25(11-4-5-12-25)20-7-6-8-21(14-20)30-2/h6-10,13-15,17H,4-5,11-12,16H2,1-3H3,(H,26,29). The first kappa shape index (κ1) is 21.0. The lowest BCUT2D eigenvalue weighted by molar-refractivity contribution is 0.0943. The van der Waals surface area contributed by atoms with Crippen LogP contribution in [0.5, 0.6) is 11.5 Å². The highest BCUT2D eigenvalue weighted by Crippen LogP contribution is 2.41. The van der Waals surface area contributed by atoms with Crippen molar-refractivity contribution in [3.05, 3.63) is 71.8 Å². The summed E-state index contributed by atoms with van der Waals surface area (Å²) in [6, 6.07) is 13.7. The summed E-state index contributed by atoms with van der Waals surface area (Å²) in [6.45, 7) is 2.54. The second kappa shape index (κ2) is 8.84. The molecule has 3 aromatic rings. The van der Waals surface area contributed by atoms with Crippen LogP contribution in [0.1, 0.15) is 47.3 Å². The molecular weight excluding hydrogens is 390 g/mol. The summed E-state index contributed by atoms with van der Waals surface area (Å²) < 4.78 is 12.9. The summed E-state index contributed by atoms with van der Waals surface area (Å²) in [5.41, 5.74) is 3.53. The fourth-order valence-electron chi connectivity index (χ4n) is 4.51. The Labute approximate surface area is 183 Å². The molecule has 0 spiro atoms. The number of carbonyl (C=O) groups is 1. The van der Waals surface area contributed by atoms with E-state index in [2.05, 4.69) is 22.4 Å². The van der Waals surface area contributed by atoms with Crippen LogP contribution >= 0.6 is 0 Å². The number of carbonyl (C=O) groups excluding carboxylic acids is 1. The van der Waals surface area contributed by atoms with E-state index in [4.69, 9.17) is 9.47 Å². The molecule has 1 N–H and O–H groups in total. The van der Waals surface area contributed by atoms with Gasteiger partial charge in [0.05, 0.1) is 31.9 Å². The summed E-state index contributed by atoms with van der Waals surface area (Å²) in [4.78, 5) is 17.3. The number of rotatable bonds is 7. The molecule has 1 aliphatic carbocycles. The van der Waals surface area contributed by atoms with Crippen LogP contribution in [0.2, 0.25) is 0 Å². The first-order valence-corrected chi connectivity index (χ1v) is 10.7. The molecule has 6 heteroatoms. The van der Waals surface area contributed by atoms with E-state index < -0.39 is 0 Å². The average molecular weight is 420 g/mol. The lowest BCUT2D eigenvalue weighted by Crippen LogP contribution is -2.39. The summed E-state index contributed by atoms with van der Waals surface area (Å²) in [5.74, 6) is 1.39. The molecule has 0 saturated heterocycles. The Bertz CT molecular complexity index is 1070. The van der Waals surface area contributed by atoms with E-state index in [1.54, 1.807) is 26.6 Å². The van der Waals surface area contributed by atoms with Gasteiger partial charge in [0, 0.05) is 23.7 Å². The van der Waals surface area contributed by atoms with Gasteiger partial charge in [0.15, 0.2) is 0 Å². The predicted octanol–water partition coefficient (Wildman–Crippen LogP) is 4.44. The molecule has 1 heterocycles. The van der Waals surface area contributed by atoms with Crippen LogP contribution in [0.4, 0.5) is 0 Å². The first-order chi connectivity index (χ1) is 15.0. The van der Waals surface area contributed by atoms with Crippen LogP contribution in [-0.4, -0.2) is 36.2 Å². The minimum absolute atomic E-state index is 0.0530. The van der Waals surface area contributed by atoms with E-state index in [0.29, 0.717) is 17.9 Å². The predicted molar refractivity (Wildman–Crippen MR) is 120 cm³/mol. The van der Waals surface area contributed by atoms with Crippen molar-refractivity contribution in [2.24, 2.45) is 0 Å². The largest absolute Gasteiger partial charge is 0.497 e. The minimum Gasteiger partial charge on any atom is -0.497 e. The number of hydrogen-bond acceptors (Lipinski definition) is 4. The van der Waals surface area contributed by atoms with Gasteiger partial charge in [-0.2, -0.15) is 0 Å². The zero-order valence-electron chi connectivity index (χ0n) is 18.4. The maximum atomic E-state index is 13.0. The highest BCUT2D eigenvalue weighted by Gasteiger charge is 2.36. The molecule has 4 rings (SSSR count). The zero-order chi connectivity index (χ0) is 21.8. The first-order valence-electron chi connectivity index (χ1n) is 10.7. The molecule has 0 unspecified atom stereocenters. The molecule has 31 heavy (non-hydrogen) atoms. The summed E-state index contributed by atoms with van der Waals surface area (Å²) >= 11 is 0. The van der Waals surface area contributed by atoms with Gasteiger partial charge < -0.3 is 19.4 Å². The number of nitrogens with zero attached hydrogens (tertiary/aromatic N) is 2. The van der Waals surface area contributed by atoms with Gasteiger partial charge in [-0.1, -0.05) is 25.0 Å². The van der Waals surface area contributed by atoms with Crippen LogP contribution < -0.4 is 14.8 Å². The maximum Gasteiger partial charge on any atom is 0.251 e. The smallest absolute Gasteiger partial charge is 0.251 e. The molecule has 1 amide bonds. The van der Waals surface area contributed by atoms with Crippen LogP contribution in [0, 0.1) is 6.92 Å². The Morgan fingerprint density at radius 2 is 1.94 bits per heavy atom. The monoisotopic (exact) mass is 419 g/mol. The molecule has 2 aromatic carbocycles. The van der Waals surface area contributed by atoms with Gasteiger partial charge >= 0.3 is 0 Å². The summed E-state index contributed by atoms with van der Waals surface area (Å²) in [5, 5.41) is 3.18. The Hall–Kier alpha value is -3.28. The molecule has 0 atom stereocenters. The number of imidazole rings is 1. The molecule has 1 saturated carbocycles. The number of ether oxygens (including phenoxy) is 2. The van der Waals surface area contributed by atoms with Gasteiger partial charge in [-0.3, -0.25) is 4.79 Å². The van der Waals surface area contributed by atoms with Crippen LogP contribution in [0.25, 0.3) is 5.69 Å². The number of aromatic nitrogens is 2. The van der Waals surface area contributed by atoms with E-state index in [0.717, 1.165) is 30.0 Å². The van der Waals surface area contributed by atoms with Crippen LogP contribution in [0.3, 0.4) is 0 Å². The normalized spacial score (nSPS) is 14.9. The highest BCUT2D eigenvalue weighted by molar-refractivity contribution is 5.95. The van der Waals surface area contributed by atoms with E-state index in [-0.39, 0.29) is 11.3 Å². The molecule has 0 bridgehead atoms. The number of benzene rings is 2. The highest BCUT2D eigenvalue weighted by atomic mass is 16.5. The van der Waals surface area contributed by atoms with Crippen LogP contribution in [-0.2, 0) is 5.41 Å². The maximum absolute atomic E-state index is 13.0. The molecule has 1 aromatic heterocycles. The molecule has 0 radical (unpaired) electrons. The van der Waals surface area contributed by atoms with E-state index in [9.17, 15) is 4.79 Å². The van der Waals surface area contributed by atoms with Gasteiger partial charge in [0.2, 0.25) is 0 Å². The van der Waals surface area contributed by atoms with Crippen molar-refractivity contribution in [2.75, 3.05) is 20.8 Å². The van der Waals surface area contributed by atoms with Crippen molar-refractivity contribution in [1.29, 1.82) is 0 Å². The van der Waals surface area contributed by atoms with Crippen molar-refractivity contribution in [2.45, 2.75) is 38.0 Å². The minimum atomic E-state index is -0.0965. The number of hydrogen-bond donors (Lipinski definition) is 1. The molecule has 1 aliphatic rings. The molecule has 162 valence electrons. The third-order valence-corrected chi connectivity index (χ3v) is 6.26. The number of methoxy groups -OCH3 is 2. The van der Waals surface area contributed by atoms with Gasteiger partial charge in [-0.15, -0.1) is 0 Å². The second-order valence-corrected chi connectivity index (χ2v) is 8.21. The van der Waals surface area contributed by atoms with Gasteiger partial charge in [-0.25, -0.2) is 4.98 Å². The third-order valence-electron chi connectivity index (χ3n) is 6.26. The van der Waals surface area contributed by atoms with Gasteiger partial charge in [0.1, 0.15) is 11.5 Å². The summed E-state index contributed by atoms with van der Waals surface area (Å²) in [6.07, 6.45) is 8.12. The van der Waals surface area contributed by atoms with E-state index in [1.807, 2.05) is 42.0 Å². The third kappa shape index (κ3) is 4.29. The fraction of sp³-hybridized carbons (Fsp3) is 0.360. The van der Waals surface area contributed by atoms with Crippen molar-refractivity contribution in [3.8, 4) is 17.2 Å². The molecule has 1 fully saturated rings. The SMILES string of the molecule is COc1cccc(C2(CNC(=O)c3ccc(-n4cnc(C)c4)c(OC)c3)CCCC2)c1. The molecule has 0 aliphatic heterocycles. The van der Waals surface area contributed by atoms with Crippen molar-refractivity contribution >= 4 is 5.91 Å². The second-order valence-electron chi connectivity index (χ2n) is 8.21. The van der Waals surface area contributed by atoms with E-state index >= 15 is 0 Å². The number of nitrogens with one attached hydrogen (secondary N) is 1. The van der Waals surface area contributed by atoms with E-state index in [1.165, 1.54) is 18.4 Å². The number of aryl methyl sites for hydroxylation is 1. The van der Waals surface area contributed by atoms with Gasteiger partial charge in [-0.05, 0) is 55.7 Å². The average Bonchev–Trinajstić information content (AvgIpc) is 3.47. The Kier molecular flexibility index (Phi) is 5.98. The van der Waals surface area contributed by atoms with Crippen molar-refractivity contribution in [3.63, 3.8) is 0 Å². The fourth-order valence-corrected chi connectivity index (χ4v) is 4.51. The lowest BCUT2D eigenvalue weighted by Gasteiger charge is -2.30. The zero-order valence-corrected chi connectivity index (χ0v) is 18.4. The lowest BCUT2D eigenvalue weighted by atomic mass is 9.78. The van der Waals surface area contributed by atoms with Gasteiger partial charge in [0.25, 0.3) is 5.91 Å².